The standard InChI is InChI=1S/C14H19NO4/c1-4-8-15(10-13(16)18-6-3)14(17)11-7-9-19-12(11)5-2/h4,7,9H,1,5-6,8,10H2,2-3H3. The number of carbonyl (C=O) groups is 2. The molecule has 19 heavy (non-hydrogen) atoms. The van der Waals surface area contributed by atoms with E-state index in [-0.39, 0.29) is 19.0 Å². The molecule has 1 heterocycles. The van der Waals surface area contributed by atoms with Gasteiger partial charge in [-0.05, 0) is 13.0 Å². The van der Waals surface area contributed by atoms with Gasteiger partial charge in [-0.1, -0.05) is 13.0 Å². The van der Waals surface area contributed by atoms with Crippen molar-refractivity contribution in [2.24, 2.45) is 0 Å². The van der Waals surface area contributed by atoms with Gasteiger partial charge in [0.05, 0.1) is 18.4 Å². The molecule has 0 bridgehead atoms. The number of rotatable bonds is 7. The SMILES string of the molecule is C=CCN(CC(=O)OCC)C(=O)c1ccoc1CC. The summed E-state index contributed by atoms with van der Waals surface area (Å²) in [5, 5.41) is 0. The van der Waals surface area contributed by atoms with Gasteiger partial charge < -0.3 is 14.1 Å². The van der Waals surface area contributed by atoms with Crippen LogP contribution in [-0.4, -0.2) is 36.5 Å². The van der Waals surface area contributed by atoms with Gasteiger partial charge in [0.1, 0.15) is 12.3 Å². The Morgan fingerprint density at radius 3 is 2.79 bits per heavy atom. The van der Waals surface area contributed by atoms with Crippen LogP contribution in [0.25, 0.3) is 0 Å². The van der Waals surface area contributed by atoms with Crippen LogP contribution in [0.5, 0.6) is 0 Å². The van der Waals surface area contributed by atoms with Crippen molar-refractivity contribution in [2.75, 3.05) is 19.7 Å². The van der Waals surface area contributed by atoms with Gasteiger partial charge in [-0.3, -0.25) is 9.59 Å². The summed E-state index contributed by atoms with van der Waals surface area (Å²) < 4.78 is 10.1. The molecule has 0 saturated heterocycles. The van der Waals surface area contributed by atoms with Crippen LogP contribution in [-0.2, 0) is 16.0 Å². The molecule has 0 aliphatic carbocycles. The minimum absolute atomic E-state index is 0.0903. The first kappa shape index (κ1) is 15.0. The first-order valence-electron chi connectivity index (χ1n) is 6.26. The van der Waals surface area contributed by atoms with E-state index in [9.17, 15) is 9.59 Å². The maximum absolute atomic E-state index is 12.3. The van der Waals surface area contributed by atoms with Gasteiger partial charge in [0, 0.05) is 13.0 Å². The van der Waals surface area contributed by atoms with Crippen LogP contribution in [0.15, 0.2) is 29.4 Å². The molecule has 0 radical (unpaired) electrons. The topological polar surface area (TPSA) is 59.8 Å². The molecule has 5 heteroatoms. The second kappa shape index (κ2) is 7.41. The van der Waals surface area contributed by atoms with Gasteiger partial charge >= 0.3 is 5.97 Å². The zero-order valence-electron chi connectivity index (χ0n) is 11.3. The van der Waals surface area contributed by atoms with Crippen LogP contribution >= 0.6 is 0 Å². The zero-order valence-corrected chi connectivity index (χ0v) is 11.3. The largest absolute Gasteiger partial charge is 0.469 e. The van der Waals surface area contributed by atoms with Crippen LogP contribution < -0.4 is 0 Å². The van der Waals surface area contributed by atoms with Gasteiger partial charge in [-0.2, -0.15) is 0 Å². The predicted molar refractivity (Wildman–Crippen MR) is 70.8 cm³/mol. The van der Waals surface area contributed by atoms with E-state index in [1.54, 1.807) is 19.1 Å². The van der Waals surface area contributed by atoms with Gasteiger partial charge in [-0.15, -0.1) is 6.58 Å². The Hall–Kier alpha value is -2.04. The third-order valence-corrected chi connectivity index (χ3v) is 2.56. The third-order valence-electron chi connectivity index (χ3n) is 2.56. The second-order valence-electron chi connectivity index (χ2n) is 3.89. The van der Waals surface area contributed by atoms with Crippen molar-refractivity contribution in [3.05, 3.63) is 36.3 Å². The quantitative estimate of drug-likeness (QED) is 0.559. The fourth-order valence-corrected chi connectivity index (χ4v) is 1.71. The highest BCUT2D eigenvalue weighted by Gasteiger charge is 2.22. The molecular formula is C14H19NO4. The van der Waals surface area contributed by atoms with E-state index in [2.05, 4.69) is 6.58 Å². The van der Waals surface area contributed by atoms with E-state index in [4.69, 9.17) is 9.15 Å². The highest BCUT2D eigenvalue weighted by molar-refractivity contribution is 5.96. The van der Waals surface area contributed by atoms with E-state index in [0.29, 0.717) is 24.4 Å². The van der Waals surface area contributed by atoms with Crippen molar-refractivity contribution < 1.29 is 18.7 Å². The van der Waals surface area contributed by atoms with E-state index >= 15 is 0 Å². The van der Waals surface area contributed by atoms with Crippen molar-refractivity contribution in [1.29, 1.82) is 0 Å². The maximum Gasteiger partial charge on any atom is 0.325 e. The second-order valence-corrected chi connectivity index (χ2v) is 3.89. The Kier molecular flexibility index (Phi) is 5.85. The molecule has 0 atom stereocenters. The summed E-state index contributed by atoms with van der Waals surface area (Å²) in [4.78, 5) is 25.2. The third kappa shape index (κ3) is 3.98. The monoisotopic (exact) mass is 265 g/mol. The molecule has 5 nitrogen and oxygen atoms in total. The minimum atomic E-state index is -0.431. The average Bonchev–Trinajstić information content (AvgIpc) is 2.86. The molecule has 104 valence electrons. The number of furan rings is 1. The lowest BCUT2D eigenvalue weighted by Gasteiger charge is -2.19. The highest BCUT2D eigenvalue weighted by atomic mass is 16.5. The van der Waals surface area contributed by atoms with Gasteiger partial charge in [0.25, 0.3) is 5.91 Å². The number of amides is 1. The Morgan fingerprint density at radius 1 is 1.47 bits per heavy atom. The fourth-order valence-electron chi connectivity index (χ4n) is 1.71. The molecule has 0 saturated carbocycles. The average molecular weight is 265 g/mol. The summed E-state index contributed by atoms with van der Waals surface area (Å²) >= 11 is 0. The van der Waals surface area contributed by atoms with Crippen LogP contribution in [0.3, 0.4) is 0 Å². The van der Waals surface area contributed by atoms with Gasteiger partial charge in [0.15, 0.2) is 0 Å². The van der Waals surface area contributed by atoms with E-state index in [1.165, 1.54) is 11.2 Å². The first-order valence-corrected chi connectivity index (χ1v) is 6.26. The zero-order chi connectivity index (χ0) is 14.3. The number of ether oxygens (including phenoxy) is 1. The summed E-state index contributed by atoms with van der Waals surface area (Å²) in [5.41, 5.74) is 0.480. The predicted octanol–water partition coefficient (Wildman–Crippen LogP) is 2.03. The Balaban J connectivity index is 2.83. The molecule has 1 aromatic rings. The summed E-state index contributed by atoms with van der Waals surface area (Å²) in [6.07, 6.45) is 3.67. The van der Waals surface area contributed by atoms with Crippen molar-refractivity contribution in [3.63, 3.8) is 0 Å². The van der Waals surface area contributed by atoms with E-state index in [1.807, 2.05) is 6.92 Å². The Morgan fingerprint density at radius 2 is 2.21 bits per heavy atom. The molecule has 0 unspecified atom stereocenters. The van der Waals surface area contributed by atoms with Gasteiger partial charge in [-0.25, -0.2) is 0 Å². The molecule has 0 aromatic carbocycles. The van der Waals surface area contributed by atoms with Crippen LogP contribution in [0, 0.1) is 0 Å². The van der Waals surface area contributed by atoms with Crippen molar-refractivity contribution in [1.82, 2.24) is 4.90 Å². The number of hydrogen-bond acceptors (Lipinski definition) is 4. The summed E-state index contributed by atoms with van der Waals surface area (Å²) in [5.74, 6) is -0.0688. The number of carbonyl (C=O) groups excluding carboxylic acids is 2. The minimum Gasteiger partial charge on any atom is -0.469 e. The molecule has 0 fully saturated rings. The van der Waals surface area contributed by atoms with Crippen LogP contribution in [0.2, 0.25) is 0 Å². The van der Waals surface area contributed by atoms with Crippen molar-refractivity contribution >= 4 is 11.9 Å². The van der Waals surface area contributed by atoms with Crippen LogP contribution in [0.4, 0.5) is 0 Å². The van der Waals surface area contributed by atoms with E-state index in [0.717, 1.165) is 0 Å². The Labute approximate surface area is 112 Å². The number of hydrogen-bond donors (Lipinski definition) is 0. The molecule has 1 rings (SSSR count). The van der Waals surface area contributed by atoms with Crippen molar-refractivity contribution in [3.8, 4) is 0 Å². The lowest BCUT2D eigenvalue weighted by molar-refractivity contribution is -0.143. The maximum atomic E-state index is 12.3. The van der Waals surface area contributed by atoms with Gasteiger partial charge in [0.2, 0.25) is 0 Å². The molecule has 1 aromatic heterocycles. The molecule has 0 N–H and O–H groups in total. The summed E-state index contributed by atoms with van der Waals surface area (Å²) in [7, 11) is 0. The molecule has 0 aliphatic heterocycles. The highest BCUT2D eigenvalue weighted by Crippen LogP contribution is 2.14. The Bertz CT molecular complexity index is 450. The number of aryl methyl sites for hydroxylation is 1. The molecule has 0 aliphatic rings. The lowest BCUT2D eigenvalue weighted by Crippen LogP contribution is -2.36. The van der Waals surface area contributed by atoms with Crippen LogP contribution in [0.1, 0.15) is 30.0 Å². The molecular weight excluding hydrogens is 246 g/mol. The molecule has 0 spiro atoms. The lowest BCUT2D eigenvalue weighted by atomic mass is 10.2. The van der Waals surface area contributed by atoms with Crippen molar-refractivity contribution in [2.45, 2.75) is 20.3 Å². The molecule has 1 amide bonds. The first-order chi connectivity index (χ1) is 9.13. The van der Waals surface area contributed by atoms with E-state index < -0.39 is 5.97 Å². The fraction of sp³-hybridized carbons (Fsp3) is 0.429. The summed E-state index contributed by atoms with van der Waals surface area (Å²) in [6, 6.07) is 1.61. The smallest absolute Gasteiger partial charge is 0.325 e. The number of esters is 1. The summed E-state index contributed by atoms with van der Waals surface area (Å²) in [6.45, 7) is 7.70. The number of nitrogens with zero attached hydrogens (tertiary/aromatic N) is 1. The normalized spacial score (nSPS) is 10.0.